The van der Waals surface area contributed by atoms with E-state index in [0.29, 0.717) is 6.61 Å². The van der Waals surface area contributed by atoms with E-state index in [1.807, 2.05) is 0 Å². The third-order valence-corrected chi connectivity index (χ3v) is 22.3. The molecule has 214 valence electrons. The van der Waals surface area contributed by atoms with Gasteiger partial charge in [-0.1, -0.05) is 68.4 Å². The van der Waals surface area contributed by atoms with Crippen molar-refractivity contribution in [3.63, 3.8) is 0 Å². The molecule has 0 aromatic rings. The average molecular weight is 563 g/mol. The van der Waals surface area contributed by atoms with E-state index in [2.05, 4.69) is 108 Å². The van der Waals surface area contributed by atoms with Crippen LogP contribution in [-0.4, -0.2) is 74.0 Å². The number of ether oxygens (including phenoxy) is 2. The lowest BCUT2D eigenvalue weighted by Crippen LogP contribution is -2.68. The Morgan fingerprint density at radius 3 is 1.39 bits per heavy atom. The number of hydrogen-bond donors (Lipinski definition) is 1. The summed E-state index contributed by atoms with van der Waals surface area (Å²) in [5.41, 5.74) is 0. The topological polar surface area (TPSA) is 66.4 Å². The fraction of sp³-hybridized carbons (Fsp3) is 0.926. The molecule has 0 aromatic heterocycles. The molecule has 6 nitrogen and oxygen atoms in total. The molecule has 1 saturated heterocycles. The molecule has 1 aliphatic rings. The minimum atomic E-state index is -2.26. The quantitative estimate of drug-likeness (QED) is 0.227. The maximum Gasteiger partial charge on any atom is 0.192 e. The largest absolute Gasteiger partial charge is 0.408 e. The van der Waals surface area contributed by atoms with Gasteiger partial charge in [-0.2, -0.15) is 0 Å². The average Bonchev–Trinajstić information content (AvgIpc) is 2.66. The first kappa shape index (κ1) is 34.2. The molecule has 0 saturated carbocycles. The molecule has 0 aliphatic carbocycles. The molecule has 0 spiro atoms. The Hall–Kier alpha value is 0.151. The second-order valence-electron chi connectivity index (χ2n) is 14.9. The zero-order valence-electron chi connectivity index (χ0n) is 26.1. The summed E-state index contributed by atoms with van der Waals surface area (Å²) >= 11 is 0. The monoisotopic (exact) mass is 562 g/mol. The van der Waals surface area contributed by atoms with Gasteiger partial charge in [0.2, 0.25) is 0 Å². The molecule has 0 amide bonds. The normalized spacial score (nSPS) is 27.3. The molecule has 1 fully saturated rings. The maximum atomic E-state index is 10.5. The molecular formula is C27H58O6Si3. The highest BCUT2D eigenvalue weighted by molar-refractivity contribution is 6.75. The van der Waals surface area contributed by atoms with Crippen molar-refractivity contribution in [2.75, 3.05) is 13.2 Å². The van der Waals surface area contributed by atoms with E-state index >= 15 is 0 Å². The molecule has 5 atom stereocenters. The lowest BCUT2D eigenvalue weighted by atomic mass is 9.99. The van der Waals surface area contributed by atoms with Gasteiger partial charge in [0.15, 0.2) is 31.2 Å². The Morgan fingerprint density at radius 2 is 1.06 bits per heavy atom. The molecule has 1 aliphatic heterocycles. The van der Waals surface area contributed by atoms with Crippen LogP contribution in [0, 0.1) is 0 Å². The molecule has 36 heavy (non-hydrogen) atoms. The second kappa shape index (κ2) is 11.7. The Labute approximate surface area is 225 Å². The molecule has 9 heteroatoms. The van der Waals surface area contributed by atoms with Crippen molar-refractivity contribution in [2.45, 2.75) is 147 Å². The summed E-state index contributed by atoms with van der Waals surface area (Å²) < 4.78 is 33.8. The van der Waals surface area contributed by atoms with E-state index in [0.717, 1.165) is 0 Å². The fourth-order valence-electron chi connectivity index (χ4n) is 3.28. The van der Waals surface area contributed by atoms with Gasteiger partial charge in [-0.05, 0) is 54.4 Å². The summed E-state index contributed by atoms with van der Waals surface area (Å²) in [5.74, 6) is 0. The molecule has 1 rings (SSSR count). The van der Waals surface area contributed by atoms with E-state index in [4.69, 9.17) is 22.8 Å². The molecule has 1 heterocycles. The van der Waals surface area contributed by atoms with Crippen LogP contribution in [0.4, 0.5) is 0 Å². The van der Waals surface area contributed by atoms with Crippen molar-refractivity contribution in [1.29, 1.82) is 0 Å². The summed E-state index contributed by atoms with van der Waals surface area (Å²) in [5, 5.41) is 10.4. The van der Waals surface area contributed by atoms with Crippen molar-refractivity contribution in [3.05, 3.63) is 12.7 Å². The third-order valence-electron chi connectivity index (χ3n) is 8.86. The number of aliphatic hydroxyl groups is 1. The van der Waals surface area contributed by atoms with Crippen molar-refractivity contribution >= 4 is 25.0 Å². The predicted molar refractivity (Wildman–Crippen MR) is 158 cm³/mol. The first-order valence-electron chi connectivity index (χ1n) is 13.4. The zero-order valence-corrected chi connectivity index (χ0v) is 29.1. The van der Waals surface area contributed by atoms with Gasteiger partial charge < -0.3 is 27.9 Å². The van der Waals surface area contributed by atoms with Gasteiger partial charge in [-0.15, -0.1) is 6.58 Å². The lowest BCUT2D eigenvalue weighted by molar-refractivity contribution is -0.289. The predicted octanol–water partition coefficient (Wildman–Crippen LogP) is 7.08. The van der Waals surface area contributed by atoms with Gasteiger partial charge in [0, 0.05) is 0 Å². The number of hydrogen-bond acceptors (Lipinski definition) is 6. The Kier molecular flexibility index (Phi) is 11.1. The van der Waals surface area contributed by atoms with Gasteiger partial charge in [-0.25, -0.2) is 0 Å². The molecule has 0 bridgehead atoms. The highest BCUT2D eigenvalue weighted by atomic mass is 28.4. The van der Waals surface area contributed by atoms with E-state index in [1.54, 1.807) is 6.08 Å². The first-order valence-corrected chi connectivity index (χ1v) is 22.2. The van der Waals surface area contributed by atoms with Crippen molar-refractivity contribution in [2.24, 2.45) is 0 Å². The lowest BCUT2D eigenvalue weighted by Gasteiger charge is -2.54. The third kappa shape index (κ3) is 8.08. The van der Waals surface area contributed by atoms with Gasteiger partial charge in [0.1, 0.15) is 24.4 Å². The summed E-state index contributed by atoms with van der Waals surface area (Å²) in [6.07, 6.45) is -0.954. The number of aliphatic hydroxyl groups excluding tert-OH is 1. The van der Waals surface area contributed by atoms with Crippen molar-refractivity contribution in [3.8, 4) is 0 Å². The van der Waals surface area contributed by atoms with Crippen LogP contribution in [0.5, 0.6) is 0 Å². The van der Waals surface area contributed by atoms with Crippen LogP contribution in [0.25, 0.3) is 0 Å². The second-order valence-corrected chi connectivity index (χ2v) is 29.1. The van der Waals surface area contributed by atoms with Gasteiger partial charge in [0.05, 0.1) is 13.2 Å². The first-order chi connectivity index (χ1) is 15.9. The smallest absolute Gasteiger partial charge is 0.192 e. The standard InChI is InChI=1S/C27H58O6Si3/c1-17-18-29-24-23(33-36(15,16)27(8,9)10)22(32-35(13,14)26(5,6)7)21(20(19-28)30-24)31-34(11,12)25(2,3)4/h17,20-24,28H,1,18-19H2,2-16H3/t20-,21+,22+,23-,24+/m1/s1. The van der Waals surface area contributed by atoms with Crippen LogP contribution < -0.4 is 0 Å². The van der Waals surface area contributed by atoms with E-state index in [9.17, 15) is 5.11 Å². The molecule has 0 radical (unpaired) electrons. The fourth-order valence-corrected chi connectivity index (χ4v) is 7.18. The van der Waals surface area contributed by atoms with Crippen LogP contribution in [0.15, 0.2) is 12.7 Å². The van der Waals surface area contributed by atoms with Crippen molar-refractivity contribution < 1.29 is 27.9 Å². The molecular weight excluding hydrogens is 505 g/mol. The maximum absolute atomic E-state index is 10.5. The van der Waals surface area contributed by atoms with Crippen LogP contribution >= 0.6 is 0 Å². The molecule has 0 unspecified atom stereocenters. The Balaban J connectivity index is 3.73. The highest BCUT2D eigenvalue weighted by Crippen LogP contribution is 2.45. The van der Waals surface area contributed by atoms with Gasteiger partial charge in [0.25, 0.3) is 0 Å². The van der Waals surface area contributed by atoms with E-state index in [1.165, 1.54) is 0 Å². The van der Waals surface area contributed by atoms with Crippen LogP contribution in [0.3, 0.4) is 0 Å². The van der Waals surface area contributed by atoms with Crippen molar-refractivity contribution in [1.82, 2.24) is 0 Å². The Morgan fingerprint density at radius 1 is 0.694 bits per heavy atom. The van der Waals surface area contributed by atoms with E-state index < -0.39 is 55.7 Å². The van der Waals surface area contributed by atoms with Crippen LogP contribution in [0.2, 0.25) is 54.4 Å². The zero-order chi connectivity index (χ0) is 28.5. The summed E-state index contributed by atoms with van der Waals surface area (Å²) in [7, 11) is -6.76. The SMILES string of the molecule is C=CCO[C@H]1O[C@H](CO)[C@H](O[Si](C)(C)C(C)(C)C)[C@H](O[Si](C)(C)C(C)(C)C)[C@H]1O[Si](C)(C)C(C)(C)C. The van der Waals surface area contributed by atoms with Gasteiger partial charge in [-0.3, -0.25) is 0 Å². The summed E-state index contributed by atoms with van der Waals surface area (Å²) in [6.45, 7) is 37.5. The minimum Gasteiger partial charge on any atom is -0.408 e. The Bertz CT molecular complexity index is 718. The highest BCUT2D eigenvalue weighted by Gasteiger charge is 2.56. The van der Waals surface area contributed by atoms with Crippen LogP contribution in [0.1, 0.15) is 62.3 Å². The van der Waals surface area contributed by atoms with Gasteiger partial charge >= 0.3 is 0 Å². The van der Waals surface area contributed by atoms with Crippen LogP contribution in [-0.2, 0) is 22.8 Å². The molecule has 1 N–H and O–H groups in total. The number of rotatable bonds is 10. The van der Waals surface area contributed by atoms with E-state index in [-0.39, 0.29) is 21.7 Å². The molecule has 0 aromatic carbocycles. The summed E-state index contributed by atoms with van der Waals surface area (Å²) in [4.78, 5) is 0. The summed E-state index contributed by atoms with van der Waals surface area (Å²) in [6, 6.07) is 0. The minimum absolute atomic E-state index is 0.0128.